The third-order valence-electron chi connectivity index (χ3n) is 2.02. The molecule has 0 aliphatic rings. The predicted octanol–water partition coefficient (Wildman–Crippen LogP) is 1.99. The van der Waals surface area contributed by atoms with E-state index >= 15 is 0 Å². The van der Waals surface area contributed by atoms with Gasteiger partial charge in [-0.3, -0.25) is 5.84 Å². The van der Waals surface area contributed by atoms with E-state index in [1.807, 2.05) is 0 Å². The standard InChI is InChI=1S/C11H16N2/c1-4-11(13-12)10-6-8(2)5-9(3)7-10/h4-7,11,13H,1,12H2,2-3H3. The molecule has 0 radical (unpaired) electrons. The molecule has 1 rings (SSSR count). The molecule has 1 atom stereocenters. The first kappa shape index (κ1) is 9.96. The van der Waals surface area contributed by atoms with E-state index < -0.39 is 0 Å². The fourth-order valence-electron chi connectivity index (χ4n) is 1.49. The lowest BCUT2D eigenvalue weighted by Crippen LogP contribution is -2.26. The van der Waals surface area contributed by atoms with Crippen molar-refractivity contribution in [2.45, 2.75) is 19.9 Å². The number of hydrogen-bond donors (Lipinski definition) is 2. The summed E-state index contributed by atoms with van der Waals surface area (Å²) in [5.41, 5.74) is 6.36. The van der Waals surface area contributed by atoms with Crippen LogP contribution in [0.15, 0.2) is 30.9 Å². The second-order valence-electron chi connectivity index (χ2n) is 3.30. The quantitative estimate of drug-likeness (QED) is 0.420. The summed E-state index contributed by atoms with van der Waals surface area (Å²) in [7, 11) is 0. The lowest BCUT2D eigenvalue weighted by molar-refractivity contribution is 0.656. The van der Waals surface area contributed by atoms with E-state index in [1.165, 1.54) is 11.1 Å². The van der Waals surface area contributed by atoms with Crippen molar-refractivity contribution in [1.29, 1.82) is 0 Å². The van der Waals surface area contributed by atoms with Gasteiger partial charge >= 0.3 is 0 Å². The third-order valence-corrected chi connectivity index (χ3v) is 2.02. The van der Waals surface area contributed by atoms with Crippen LogP contribution in [0.1, 0.15) is 22.7 Å². The highest BCUT2D eigenvalue weighted by Crippen LogP contribution is 2.16. The molecule has 0 saturated carbocycles. The Hall–Kier alpha value is -1.12. The van der Waals surface area contributed by atoms with Crippen molar-refractivity contribution in [3.05, 3.63) is 47.5 Å². The molecule has 13 heavy (non-hydrogen) atoms. The van der Waals surface area contributed by atoms with Crippen LogP contribution in [-0.2, 0) is 0 Å². The Kier molecular flexibility index (Phi) is 3.23. The average molecular weight is 176 g/mol. The summed E-state index contributed by atoms with van der Waals surface area (Å²) in [6, 6.07) is 6.40. The molecule has 0 aliphatic carbocycles. The zero-order valence-electron chi connectivity index (χ0n) is 8.17. The number of aryl methyl sites for hydroxylation is 2. The minimum Gasteiger partial charge on any atom is -0.271 e. The van der Waals surface area contributed by atoms with Crippen molar-refractivity contribution in [3.8, 4) is 0 Å². The maximum absolute atomic E-state index is 5.39. The Morgan fingerprint density at radius 3 is 2.23 bits per heavy atom. The smallest absolute Gasteiger partial charge is 0.0638 e. The van der Waals surface area contributed by atoms with Crippen molar-refractivity contribution in [2.24, 2.45) is 5.84 Å². The summed E-state index contributed by atoms with van der Waals surface area (Å²) in [5, 5.41) is 0. The molecule has 0 amide bonds. The van der Waals surface area contributed by atoms with Crippen LogP contribution >= 0.6 is 0 Å². The monoisotopic (exact) mass is 176 g/mol. The van der Waals surface area contributed by atoms with Crippen molar-refractivity contribution in [3.63, 3.8) is 0 Å². The molecule has 1 aromatic rings. The van der Waals surface area contributed by atoms with Crippen LogP contribution in [0.2, 0.25) is 0 Å². The summed E-state index contributed by atoms with van der Waals surface area (Å²) in [5.74, 6) is 5.39. The Balaban J connectivity index is 3.05. The van der Waals surface area contributed by atoms with Crippen LogP contribution in [0.25, 0.3) is 0 Å². The van der Waals surface area contributed by atoms with Crippen molar-refractivity contribution in [1.82, 2.24) is 5.43 Å². The van der Waals surface area contributed by atoms with E-state index in [2.05, 4.69) is 44.1 Å². The largest absolute Gasteiger partial charge is 0.271 e. The first-order valence-electron chi connectivity index (χ1n) is 4.34. The Morgan fingerprint density at radius 2 is 1.85 bits per heavy atom. The maximum Gasteiger partial charge on any atom is 0.0638 e. The van der Waals surface area contributed by atoms with Gasteiger partial charge in [-0.2, -0.15) is 0 Å². The molecule has 1 aromatic carbocycles. The summed E-state index contributed by atoms with van der Waals surface area (Å²) in [6.45, 7) is 7.88. The maximum atomic E-state index is 5.39. The summed E-state index contributed by atoms with van der Waals surface area (Å²) >= 11 is 0. The van der Waals surface area contributed by atoms with Gasteiger partial charge in [0, 0.05) is 0 Å². The number of rotatable bonds is 3. The number of hydrogen-bond acceptors (Lipinski definition) is 2. The average Bonchev–Trinajstić information content (AvgIpc) is 2.04. The number of nitrogens with one attached hydrogen (secondary N) is 1. The van der Waals surface area contributed by atoms with Crippen molar-refractivity contribution >= 4 is 0 Å². The van der Waals surface area contributed by atoms with E-state index in [9.17, 15) is 0 Å². The van der Waals surface area contributed by atoms with Crippen molar-refractivity contribution in [2.75, 3.05) is 0 Å². The molecule has 2 nitrogen and oxygen atoms in total. The van der Waals surface area contributed by atoms with E-state index in [0.717, 1.165) is 5.56 Å². The van der Waals surface area contributed by atoms with Gasteiger partial charge < -0.3 is 0 Å². The molecule has 70 valence electrons. The summed E-state index contributed by atoms with van der Waals surface area (Å²) in [6.07, 6.45) is 1.80. The molecule has 0 bridgehead atoms. The first-order chi connectivity index (χ1) is 6.17. The third kappa shape index (κ3) is 2.41. The van der Waals surface area contributed by atoms with Crippen LogP contribution < -0.4 is 11.3 Å². The van der Waals surface area contributed by atoms with Crippen molar-refractivity contribution < 1.29 is 0 Å². The van der Waals surface area contributed by atoms with Crippen LogP contribution in [0.5, 0.6) is 0 Å². The number of nitrogens with two attached hydrogens (primary N) is 1. The van der Waals surface area contributed by atoms with E-state index in [4.69, 9.17) is 5.84 Å². The Morgan fingerprint density at radius 1 is 1.31 bits per heavy atom. The molecule has 0 spiro atoms. The van der Waals surface area contributed by atoms with Crippen LogP contribution in [0.3, 0.4) is 0 Å². The van der Waals surface area contributed by atoms with Gasteiger partial charge in [-0.1, -0.05) is 35.4 Å². The second kappa shape index (κ2) is 4.21. The molecular weight excluding hydrogens is 160 g/mol. The minimum atomic E-state index is 0.0404. The van der Waals surface area contributed by atoms with E-state index in [1.54, 1.807) is 6.08 Å². The SMILES string of the molecule is C=CC(NN)c1cc(C)cc(C)c1. The van der Waals surface area contributed by atoms with Gasteiger partial charge in [0.15, 0.2) is 0 Å². The molecule has 3 N–H and O–H groups in total. The second-order valence-corrected chi connectivity index (χ2v) is 3.30. The molecule has 0 heterocycles. The normalized spacial score (nSPS) is 12.5. The lowest BCUT2D eigenvalue weighted by Gasteiger charge is -2.12. The fraction of sp³-hybridized carbons (Fsp3) is 0.273. The molecule has 0 fully saturated rings. The molecule has 0 saturated heterocycles. The number of benzene rings is 1. The molecule has 1 unspecified atom stereocenters. The Bertz CT molecular complexity index is 285. The molecule has 0 aliphatic heterocycles. The highest BCUT2D eigenvalue weighted by molar-refractivity contribution is 5.32. The zero-order chi connectivity index (χ0) is 9.84. The summed E-state index contributed by atoms with van der Waals surface area (Å²) in [4.78, 5) is 0. The number of hydrazine groups is 1. The van der Waals surface area contributed by atoms with Gasteiger partial charge in [0.05, 0.1) is 6.04 Å². The van der Waals surface area contributed by atoms with Gasteiger partial charge in [0.1, 0.15) is 0 Å². The highest BCUT2D eigenvalue weighted by Gasteiger charge is 2.04. The Labute approximate surface area is 79.4 Å². The van der Waals surface area contributed by atoms with Gasteiger partial charge in [0.25, 0.3) is 0 Å². The van der Waals surface area contributed by atoms with Gasteiger partial charge in [-0.25, -0.2) is 5.43 Å². The lowest BCUT2D eigenvalue weighted by atomic mass is 10.0. The predicted molar refractivity (Wildman–Crippen MR) is 56.2 cm³/mol. The molecule has 2 heteroatoms. The molecule has 0 aromatic heterocycles. The van der Waals surface area contributed by atoms with E-state index in [-0.39, 0.29) is 6.04 Å². The first-order valence-corrected chi connectivity index (χ1v) is 4.34. The van der Waals surface area contributed by atoms with Gasteiger partial charge in [-0.05, 0) is 19.4 Å². The van der Waals surface area contributed by atoms with Gasteiger partial charge in [-0.15, -0.1) is 6.58 Å². The van der Waals surface area contributed by atoms with Crippen LogP contribution in [0.4, 0.5) is 0 Å². The minimum absolute atomic E-state index is 0.0404. The molecular formula is C11H16N2. The van der Waals surface area contributed by atoms with Gasteiger partial charge in [0.2, 0.25) is 0 Å². The van der Waals surface area contributed by atoms with E-state index in [0.29, 0.717) is 0 Å². The van der Waals surface area contributed by atoms with Crippen LogP contribution in [0, 0.1) is 13.8 Å². The fourth-order valence-corrected chi connectivity index (χ4v) is 1.49. The topological polar surface area (TPSA) is 38.0 Å². The highest BCUT2D eigenvalue weighted by atomic mass is 15.2. The van der Waals surface area contributed by atoms with Crippen LogP contribution in [-0.4, -0.2) is 0 Å². The summed E-state index contributed by atoms with van der Waals surface area (Å²) < 4.78 is 0. The zero-order valence-corrected chi connectivity index (χ0v) is 8.17.